The van der Waals surface area contributed by atoms with Gasteiger partial charge in [-0.25, -0.2) is 4.79 Å². The highest BCUT2D eigenvalue weighted by molar-refractivity contribution is 7.18. The fourth-order valence-electron chi connectivity index (χ4n) is 3.29. The summed E-state index contributed by atoms with van der Waals surface area (Å²) in [6.07, 6.45) is 1.38. The molecule has 1 aromatic carbocycles. The quantitative estimate of drug-likeness (QED) is 0.647. The van der Waals surface area contributed by atoms with Crippen LogP contribution in [0, 0.1) is 13.8 Å². The number of nitrogens with one attached hydrogen (secondary N) is 1. The summed E-state index contributed by atoms with van der Waals surface area (Å²) < 4.78 is 2.72. The van der Waals surface area contributed by atoms with Crippen LogP contribution in [0.15, 0.2) is 39.9 Å². The van der Waals surface area contributed by atoms with Crippen molar-refractivity contribution in [2.45, 2.75) is 59.7 Å². The first-order valence-electron chi connectivity index (χ1n) is 9.90. The monoisotopic (exact) mass is 413 g/mol. The molecule has 1 amide bonds. The minimum absolute atomic E-state index is 0.0319. The number of thiophene rings is 1. The molecule has 3 rings (SSSR count). The molecule has 0 saturated heterocycles. The maximum atomic E-state index is 13.2. The molecule has 2 heterocycles. The van der Waals surface area contributed by atoms with E-state index in [0.717, 1.165) is 22.4 Å². The molecule has 0 radical (unpaired) electrons. The Morgan fingerprint density at radius 1 is 1.14 bits per heavy atom. The molecule has 154 valence electrons. The van der Waals surface area contributed by atoms with E-state index in [9.17, 15) is 14.4 Å². The molecule has 7 heteroatoms. The van der Waals surface area contributed by atoms with Gasteiger partial charge in [0.2, 0.25) is 5.91 Å². The fraction of sp³-hybridized carbons (Fsp3) is 0.409. The Morgan fingerprint density at radius 3 is 2.48 bits per heavy atom. The predicted octanol–water partition coefficient (Wildman–Crippen LogP) is 3.00. The molecule has 0 bridgehead atoms. The fourth-order valence-corrected chi connectivity index (χ4v) is 4.43. The van der Waals surface area contributed by atoms with Gasteiger partial charge in [-0.2, -0.15) is 0 Å². The maximum Gasteiger partial charge on any atom is 0.332 e. The Kier molecular flexibility index (Phi) is 6.37. The zero-order valence-electron chi connectivity index (χ0n) is 17.3. The third-order valence-electron chi connectivity index (χ3n) is 5.32. The normalized spacial score (nSPS) is 12.3. The molecule has 6 nitrogen and oxygen atoms in total. The molecule has 2 aromatic heterocycles. The van der Waals surface area contributed by atoms with Gasteiger partial charge < -0.3 is 5.32 Å². The second kappa shape index (κ2) is 8.78. The van der Waals surface area contributed by atoms with E-state index < -0.39 is 5.69 Å². The zero-order chi connectivity index (χ0) is 21.1. The van der Waals surface area contributed by atoms with Crippen LogP contribution in [0.4, 0.5) is 0 Å². The number of aryl methyl sites for hydroxylation is 3. The predicted molar refractivity (Wildman–Crippen MR) is 118 cm³/mol. The number of hydrogen-bond donors (Lipinski definition) is 1. The van der Waals surface area contributed by atoms with Crippen molar-refractivity contribution in [3.05, 3.63) is 67.2 Å². The Labute approximate surface area is 173 Å². The van der Waals surface area contributed by atoms with Gasteiger partial charge in [0.05, 0.1) is 5.39 Å². The van der Waals surface area contributed by atoms with Crippen LogP contribution in [0.5, 0.6) is 0 Å². The molecule has 0 aliphatic carbocycles. The van der Waals surface area contributed by atoms with Crippen LogP contribution in [0.1, 0.15) is 36.3 Å². The molecule has 0 spiro atoms. The summed E-state index contributed by atoms with van der Waals surface area (Å²) in [7, 11) is 0. The van der Waals surface area contributed by atoms with E-state index in [1.54, 1.807) is 0 Å². The van der Waals surface area contributed by atoms with Gasteiger partial charge >= 0.3 is 5.69 Å². The van der Waals surface area contributed by atoms with Gasteiger partial charge in [0.15, 0.2) is 0 Å². The van der Waals surface area contributed by atoms with Crippen LogP contribution < -0.4 is 16.6 Å². The topological polar surface area (TPSA) is 73.1 Å². The SMILES string of the molecule is CC[C@@H](C)NC(=O)Cn1c(=O)n(CCc2ccccc2)c(=O)c2c(C)c(C)sc21. The van der Waals surface area contributed by atoms with Crippen LogP contribution in [0.25, 0.3) is 10.2 Å². The minimum Gasteiger partial charge on any atom is -0.352 e. The number of rotatable bonds is 7. The second-order valence-electron chi connectivity index (χ2n) is 7.40. The van der Waals surface area contributed by atoms with E-state index >= 15 is 0 Å². The van der Waals surface area contributed by atoms with Crippen LogP contribution in [0.3, 0.4) is 0 Å². The number of benzene rings is 1. The number of amides is 1. The third kappa shape index (κ3) is 4.34. The lowest BCUT2D eigenvalue weighted by Gasteiger charge is -2.15. The Hall–Kier alpha value is -2.67. The highest BCUT2D eigenvalue weighted by Crippen LogP contribution is 2.26. The molecule has 0 saturated carbocycles. The first kappa shape index (κ1) is 21.0. The number of carbonyl (C=O) groups excluding carboxylic acids is 1. The van der Waals surface area contributed by atoms with Gasteiger partial charge in [0.1, 0.15) is 11.4 Å². The molecule has 0 fully saturated rings. The molecular weight excluding hydrogens is 386 g/mol. The van der Waals surface area contributed by atoms with Crippen LogP contribution >= 0.6 is 11.3 Å². The highest BCUT2D eigenvalue weighted by Gasteiger charge is 2.20. The van der Waals surface area contributed by atoms with Gasteiger partial charge in [0.25, 0.3) is 5.56 Å². The van der Waals surface area contributed by atoms with E-state index in [1.807, 2.05) is 58.0 Å². The average Bonchev–Trinajstić information content (AvgIpc) is 3.00. The summed E-state index contributed by atoms with van der Waals surface area (Å²) in [5, 5.41) is 3.44. The van der Waals surface area contributed by atoms with Gasteiger partial charge in [0, 0.05) is 17.5 Å². The van der Waals surface area contributed by atoms with Gasteiger partial charge in [-0.3, -0.25) is 18.7 Å². The lowest BCUT2D eigenvalue weighted by molar-refractivity contribution is -0.122. The smallest absolute Gasteiger partial charge is 0.332 e. The molecule has 29 heavy (non-hydrogen) atoms. The molecule has 0 unspecified atom stereocenters. The summed E-state index contributed by atoms with van der Waals surface area (Å²) in [6, 6.07) is 9.78. The minimum atomic E-state index is -0.431. The summed E-state index contributed by atoms with van der Waals surface area (Å²) in [6.45, 7) is 7.93. The largest absolute Gasteiger partial charge is 0.352 e. The summed E-state index contributed by atoms with van der Waals surface area (Å²) in [5.41, 5.74) is 1.22. The number of fused-ring (bicyclic) bond motifs is 1. The number of carbonyl (C=O) groups is 1. The van der Waals surface area contributed by atoms with E-state index in [2.05, 4.69) is 5.32 Å². The van der Waals surface area contributed by atoms with Crippen LogP contribution in [-0.2, 0) is 24.3 Å². The van der Waals surface area contributed by atoms with Gasteiger partial charge in [-0.15, -0.1) is 11.3 Å². The molecule has 1 N–H and O–H groups in total. The highest BCUT2D eigenvalue weighted by atomic mass is 32.1. The molecule has 3 aromatic rings. The maximum absolute atomic E-state index is 13.2. The average molecular weight is 414 g/mol. The Bertz CT molecular complexity index is 1140. The lowest BCUT2D eigenvalue weighted by atomic mass is 10.1. The van der Waals surface area contributed by atoms with Crippen molar-refractivity contribution in [3.63, 3.8) is 0 Å². The van der Waals surface area contributed by atoms with Crippen LogP contribution in [0.2, 0.25) is 0 Å². The first-order valence-corrected chi connectivity index (χ1v) is 10.7. The Balaban J connectivity index is 2.07. The molecule has 0 aliphatic rings. The first-order chi connectivity index (χ1) is 13.8. The summed E-state index contributed by atoms with van der Waals surface area (Å²) >= 11 is 1.39. The molecule has 1 atom stereocenters. The van der Waals surface area contributed by atoms with E-state index in [0.29, 0.717) is 16.6 Å². The number of nitrogens with zero attached hydrogens (tertiary/aromatic N) is 2. The van der Waals surface area contributed by atoms with E-state index in [1.165, 1.54) is 20.5 Å². The van der Waals surface area contributed by atoms with Gasteiger partial charge in [-0.1, -0.05) is 37.3 Å². The van der Waals surface area contributed by atoms with Crippen molar-refractivity contribution in [2.75, 3.05) is 0 Å². The summed E-state index contributed by atoms with van der Waals surface area (Å²) in [5.74, 6) is -0.222. The van der Waals surface area contributed by atoms with Crippen molar-refractivity contribution in [1.82, 2.24) is 14.5 Å². The van der Waals surface area contributed by atoms with Gasteiger partial charge in [-0.05, 0) is 44.7 Å². The molecule has 0 aliphatic heterocycles. The van der Waals surface area contributed by atoms with E-state index in [4.69, 9.17) is 0 Å². The van der Waals surface area contributed by atoms with Crippen molar-refractivity contribution in [1.29, 1.82) is 0 Å². The Morgan fingerprint density at radius 2 is 1.83 bits per heavy atom. The van der Waals surface area contributed by atoms with Crippen molar-refractivity contribution in [2.24, 2.45) is 0 Å². The van der Waals surface area contributed by atoms with Crippen molar-refractivity contribution in [3.8, 4) is 0 Å². The standard InChI is InChI=1S/C22H27N3O3S/c1-5-14(2)23-18(26)13-25-21-19(15(3)16(4)29-21)20(27)24(22(25)28)12-11-17-9-7-6-8-10-17/h6-10,14H,5,11-13H2,1-4H3,(H,23,26)/t14-/m1/s1. The van der Waals surface area contributed by atoms with Crippen molar-refractivity contribution >= 4 is 27.5 Å². The lowest BCUT2D eigenvalue weighted by Crippen LogP contribution is -2.43. The zero-order valence-corrected chi connectivity index (χ0v) is 18.1. The van der Waals surface area contributed by atoms with Crippen LogP contribution in [-0.4, -0.2) is 21.1 Å². The van der Waals surface area contributed by atoms with E-state index in [-0.39, 0.29) is 30.6 Å². The number of aromatic nitrogens is 2. The summed E-state index contributed by atoms with van der Waals surface area (Å²) in [4.78, 5) is 40.4. The number of hydrogen-bond acceptors (Lipinski definition) is 4. The molecular formula is C22H27N3O3S. The third-order valence-corrected chi connectivity index (χ3v) is 6.55. The van der Waals surface area contributed by atoms with Crippen molar-refractivity contribution < 1.29 is 4.79 Å². The second-order valence-corrected chi connectivity index (χ2v) is 8.60.